The minimum Gasteiger partial charge on any atom is -0.477 e. The molecule has 1 fully saturated rings. The number of hydrogen-bond donors (Lipinski definition) is 0. The molecule has 1 saturated heterocycles. The number of carbonyl (C=O) groups excluding carboxylic acids is 1. The van der Waals surface area contributed by atoms with Crippen LogP contribution in [0.3, 0.4) is 0 Å². The van der Waals surface area contributed by atoms with Gasteiger partial charge in [0, 0.05) is 43.8 Å². The highest BCUT2D eigenvalue weighted by atomic mass is 35.5. The first-order valence-corrected chi connectivity index (χ1v) is 8.93. The van der Waals surface area contributed by atoms with Crippen LogP contribution >= 0.6 is 11.6 Å². The second-order valence-corrected chi connectivity index (χ2v) is 6.81. The number of hydrogen-bond acceptors (Lipinski definition) is 3. The van der Waals surface area contributed by atoms with Crippen LogP contribution in [0.15, 0.2) is 30.3 Å². The average Bonchev–Trinajstić information content (AvgIpc) is 2.67. The number of amides is 1. The lowest BCUT2D eigenvalue weighted by Gasteiger charge is -2.34. The predicted octanol–water partition coefficient (Wildman–Crippen LogP) is 3.62. The molecule has 3 rings (SSSR count). The van der Waals surface area contributed by atoms with Crippen molar-refractivity contribution < 1.29 is 27.1 Å². The van der Waals surface area contributed by atoms with Gasteiger partial charge in [-0.3, -0.25) is 9.69 Å². The van der Waals surface area contributed by atoms with Crippen LogP contribution in [-0.2, 0) is 11.3 Å². The van der Waals surface area contributed by atoms with Crippen LogP contribution < -0.4 is 4.74 Å². The molecule has 0 saturated carbocycles. The summed E-state index contributed by atoms with van der Waals surface area (Å²) >= 11 is 5.97. The van der Waals surface area contributed by atoms with Crippen molar-refractivity contribution in [2.45, 2.75) is 6.54 Å². The van der Waals surface area contributed by atoms with Gasteiger partial charge in [-0.2, -0.15) is 8.78 Å². The molecule has 150 valence electrons. The molecule has 0 radical (unpaired) electrons. The van der Waals surface area contributed by atoms with Gasteiger partial charge in [-0.25, -0.2) is 8.78 Å². The molecular formula is C19H17ClF4N2O2. The maximum absolute atomic E-state index is 13.6. The Morgan fingerprint density at radius 1 is 1.00 bits per heavy atom. The van der Waals surface area contributed by atoms with Crippen LogP contribution in [0, 0.1) is 23.3 Å². The molecule has 0 spiro atoms. The fourth-order valence-electron chi connectivity index (χ4n) is 2.95. The van der Waals surface area contributed by atoms with Gasteiger partial charge in [-0.15, -0.1) is 0 Å². The van der Waals surface area contributed by atoms with Crippen molar-refractivity contribution >= 4 is 17.5 Å². The Kier molecular flexibility index (Phi) is 6.41. The van der Waals surface area contributed by atoms with E-state index in [1.807, 2.05) is 18.2 Å². The Labute approximate surface area is 164 Å². The number of piperazine rings is 1. The lowest BCUT2D eigenvalue weighted by atomic mass is 10.2. The van der Waals surface area contributed by atoms with E-state index >= 15 is 0 Å². The van der Waals surface area contributed by atoms with Crippen molar-refractivity contribution in [1.82, 2.24) is 9.80 Å². The molecular weight excluding hydrogens is 400 g/mol. The first-order valence-electron chi connectivity index (χ1n) is 8.55. The summed E-state index contributed by atoms with van der Waals surface area (Å²) in [5.74, 6) is -8.26. The molecule has 4 nitrogen and oxygen atoms in total. The molecule has 1 amide bonds. The molecule has 0 aliphatic carbocycles. The Morgan fingerprint density at radius 3 is 2.25 bits per heavy atom. The second-order valence-electron chi connectivity index (χ2n) is 6.37. The zero-order chi connectivity index (χ0) is 20.3. The van der Waals surface area contributed by atoms with Crippen LogP contribution in [0.25, 0.3) is 0 Å². The molecule has 0 N–H and O–H groups in total. The molecule has 28 heavy (non-hydrogen) atoms. The summed E-state index contributed by atoms with van der Waals surface area (Å²) in [6, 6.07) is 7.56. The standard InChI is InChI=1S/C19H17ClF4N2O2/c20-13-3-1-2-12(8-13)10-25-4-6-26(7-5-25)16(27)11-28-19-17(23)14(21)9-15(22)18(19)24/h1-3,8-9H,4-7,10-11H2. The van der Waals surface area contributed by atoms with E-state index in [9.17, 15) is 22.4 Å². The Balaban J connectivity index is 1.52. The summed E-state index contributed by atoms with van der Waals surface area (Å²) in [6.07, 6.45) is 0. The van der Waals surface area contributed by atoms with Gasteiger partial charge in [0.1, 0.15) is 0 Å². The molecule has 1 heterocycles. The van der Waals surface area contributed by atoms with Crippen LogP contribution in [0.2, 0.25) is 5.02 Å². The lowest BCUT2D eigenvalue weighted by molar-refractivity contribution is -0.135. The van der Waals surface area contributed by atoms with E-state index < -0.39 is 41.5 Å². The summed E-state index contributed by atoms with van der Waals surface area (Å²) < 4.78 is 58.2. The van der Waals surface area contributed by atoms with Gasteiger partial charge in [-0.1, -0.05) is 23.7 Å². The van der Waals surface area contributed by atoms with Crippen molar-refractivity contribution in [3.05, 3.63) is 64.2 Å². The average molecular weight is 417 g/mol. The molecule has 2 aromatic rings. The van der Waals surface area contributed by atoms with Gasteiger partial charge in [0.25, 0.3) is 5.91 Å². The first kappa shape index (κ1) is 20.4. The Bertz CT molecular complexity index is 847. The Hall–Kier alpha value is -2.32. The van der Waals surface area contributed by atoms with Crippen LogP contribution in [0.4, 0.5) is 17.6 Å². The van der Waals surface area contributed by atoms with Gasteiger partial charge in [0.15, 0.2) is 24.0 Å². The molecule has 1 aliphatic rings. The number of halogens is 5. The Morgan fingerprint density at radius 2 is 1.64 bits per heavy atom. The zero-order valence-corrected chi connectivity index (χ0v) is 15.5. The third-order valence-electron chi connectivity index (χ3n) is 4.43. The van der Waals surface area contributed by atoms with Crippen LogP contribution in [-0.4, -0.2) is 48.5 Å². The number of benzene rings is 2. The largest absolute Gasteiger partial charge is 0.477 e. The third kappa shape index (κ3) is 4.74. The molecule has 0 aromatic heterocycles. The fraction of sp³-hybridized carbons (Fsp3) is 0.316. The van der Waals surface area contributed by atoms with E-state index in [1.54, 1.807) is 6.07 Å². The van der Waals surface area contributed by atoms with Crippen molar-refractivity contribution in [2.24, 2.45) is 0 Å². The van der Waals surface area contributed by atoms with Gasteiger partial charge < -0.3 is 9.64 Å². The second kappa shape index (κ2) is 8.79. The zero-order valence-electron chi connectivity index (χ0n) is 14.7. The summed E-state index contributed by atoms with van der Waals surface area (Å²) in [4.78, 5) is 15.8. The van der Waals surface area contributed by atoms with E-state index in [2.05, 4.69) is 4.90 Å². The molecule has 9 heteroatoms. The maximum Gasteiger partial charge on any atom is 0.260 e. The summed E-state index contributed by atoms with van der Waals surface area (Å²) in [5.41, 5.74) is 1.05. The van der Waals surface area contributed by atoms with Gasteiger partial charge in [0.05, 0.1) is 0 Å². The monoisotopic (exact) mass is 416 g/mol. The quantitative estimate of drug-likeness (QED) is 0.551. The van der Waals surface area contributed by atoms with Crippen LogP contribution in [0.1, 0.15) is 5.56 Å². The number of carbonyl (C=O) groups is 1. The van der Waals surface area contributed by atoms with E-state index in [0.717, 1.165) is 5.56 Å². The first-order chi connectivity index (χ1) is 13.3. The maximum atomic E-state index is 13.6. The minimum atomic E-state index is -1.67. The summed E-state index contributed by atoms with van der Waals surface area (Å²) in [7, 11) is 0. The summed E-state index contributed by atoms with van der Waals surface area (Å²) in [6.45, 7) is 1.94. The lowest BCUT2D eigenvalue weighted by Crippen LogP contribution is -2.49. The highest BCUT2D eigenvalue weighted by molar-refractivity contribution is 6.30. The minimum absolute atomic E-state index is 0.0818. The van der Waals surface area contributed by atoms with Crippen molar-refractivity contribution in [1.29, 1.82) is 0 Å². The molecule has 0 bridgehead atoms. The van der Waals surface area contributed by atoms with Crippen molar-refractivity contribution in [2.75, 3.05) is 32.8 Å². The SMILES string of the molecule is O=C(COc1c(F)c(F)cc(F)c1F)N1CCN(Cc2cccc(Cl)c2)CC1. The number of nitrogens with zero attached hydrogens (tertiary/aromatic N) is 2. The normalized spacial score (nSPS) is 15.0. The molecule has 0 unspecified atom stereocenters. The van der Waals surface area contributed by atoms with E-state index in [4.69, 9.17) is 16.3 Å². The number of rotatable bonds is 5. The van der Waals surface area contributed by atoms with Gasteiger partial charge in [-0.05, 0) is 17.7 Å². The van der Waals surface area contributed by atoms with Crippen molar-refractivity contribution in [3.63, 3.8) is 0 Å². The topological polar surface area (TPSA) is 32.8 Å². The fourth-order valence-corrected chi connectivity index (χ4v) is 3.16. The highest BCUT2D eigenvalue weighted by Gasteiger charge is 2.24. The molecule has 2 aromatic carbocycles. The molecule has 0 atom stereocenters. The van der Waals surface area contributed by atoms with Crippen molar-refractivity contribution in [3.8, 4) is 5.75 Å². The van der Waals surface area contributed by atoms with E-state index in [0.29, 0.717) is 37.7 Å². The smallest absolute Gasteiger partial charge is 0.260 e. The van der Waals surface area contributed by atoms with Crippen LogP contribution in [0.5, 0.6) is 5.75 Å². The number of ether oxygens (including phenoxy) is 1. The van der Waals surface area contributed by atoms with E-state index in [1.165, 1.54) is 4.90 Å². The predicted molar refractivity (Wildman–Crippen MR) is 95.1 cm³/mol. The molecule has 1 aliphatic heterocycles. The van der Waals surface area contributed by atoms with Gasteiger partial charge >= 0.3 is 0 Å². The van der Waals surface area contributed by atoms with Gasteiger partial charge in [0.2, 0.25) is 11.6 Å². The highest BCUT2D eigenvalue weighted by Crippen LogP contribution is 2.26. The third-order valence-corrected chi connectivity index (χ3v) is 4.67. The van der Waals surface area contributed by atoms with E-state index in [-0.39, 0.29) is 6.07 Å². The summed E-state index contributed by atoms with van der Waals surface area (Å²) in [5, 5.41) is 0.650.